The van der Waals surface area contributed by atoms with E-state index in [0.29, 0.717) is 11.5 Å². The first-order valence-corrected chi connectivity index (χ1v) is 12.1. The molecule has 0 spiro atoms. The third kappa shape index (κ3) is 5.34. The number of hydrogen-bond acceptors (Lipinski definition) is 4. The topological polar surface area (TPSA) is 38.7 Å². The molecule has 3 nitrogen and oxygen atoms in total. The van der Waals surface area contributed by atoms with Gasteiger partial charge in [0.1, 0.15) is 16.7 Å². The first-order chi connectivity index (χ1) is 14.2. The van der Waals surface area contributed by atoms with Crippen molar-refractivity contribution in [2.45, 2.75) is 44.6 Å². The second-order valence-electron chi connectivity index (χ2n) is 7.43. The van der Waals surface area contributed by atoms with Crippen molar-refractivity contribution in [1.82, 2.24) is 0 Å². The van der Waals surface area contributed by atoms with Gasteiger partial charge in [-0.15, -0.1) is 11.8 Å². The van der Waals surface area contributed by atoms with Gasteiger partial charge < -0.3 is 4.74 Å². The van der Waals surface area contributed by atoms with Gasteiger partial charge in [-0.25, -0.2) is 0 Å². The van der Waals surface area contributed by atoms with Crippen LogP contribution in [0, 0.1) is 0 Å². The maximum Gasteiger partial charge on any atom is 0.285 e. The molecule has 1 fully saturated rings. The summed E-state index contributed by atoms with van der Waals surface area (Å²) in [6.07, 6.45) is 10.6. The third-order valence-electron chi connectivity index (χ3n) is 5.42. The molecule has 0 radical (unpaired) electrons. The van der Waals surface area contributed by atoms with Crippen molar-refractivity contribution in [2.75, 3.05) is 6.26 Å². The van der Waals surface area contributed by atoms with Gasteiger partial charge in [-0.1, -0.05) is 67.4 Å². The third-order valence-corrected chi connectivity index (χ3v) is 7.38. The summed E-state index contributed by atoms with van der Waals surface area (Å²) in [6, 6.07) is 16.8. The summed E-state index contributed by atoms with van der Waals surface area (Å²) in [5, 5.41) is 0. The molecule has 1 aliphatic heterocycles. The number of carbonyl (C=O) groups is 1. The molecule has 1 aliphatic carbocycles. The average molecular weight is 424 g/mol. The van der Waals surface area contributed by atoms with E-state index in [1.807, 2.05) is 36.6 Å². The van der Waals surface area contributed by atoms with E-state index in [1.54, 1.807) is 0 Å². The Kier molecular flexibility index (Phi) is 6.78. The number of rotatable bonds is 5. The van der Waals surface area contributed by atoms with Crippen LogP contribution >= 0.6 is 23.5 Å². The second kappa shape index (κ2) is 9.68. The molecule has 1 saturated carbocycles. The summed E-state index contributed by atoms with van der Waals surface area (Å²) < 4.78 is 6.74. The number of thioether (sulfide) groups is 2. The Bertz CT molecular complexity index is 911. The van der Waals surface area contributed by atoms with E-state index in [1.165, 1.54) is 66.8 Å². The Balaban J connectivity index is 1.32. The van der Waals surface area contributed by atoms with Crippen LogP contribution in [-0.4, -0.2) is 16.5 Å². The van der Waals surface area contributed by atoms with E-state index in [4.69, 9.17) is 4.74 Å². The largest absolute Gasteiger partial charge is 0.489 e. The fourth-order valence-electron chi connectivity index (χ4n) is 3.78. The zero-order valence-corrected chi connectivity index (χ0v) is 18.2. The number of hydrogen-bond donors (Lipinski definition) is 0. The molecule has 0 N–H and O–H groups in total. The van der Waals surface area contributed by atoms with E-state index < -0.39 is 0 Å². The molecule has 150 valence electrons. The second-order valence-corrected chi connectivity index (χ2v) is 9.52. The summed E-state index contributed by atoms with van der Waals surface area (Å²) in [6.45, 7) is 0.560. The Hall–Kier alpha value is -1.98. The first-order valence-electron chi connectivity index (χ1n) is 10.1. The molecule has 0 atom stereocenters. The monoisotopic (exact) mass is 423 g/mol. The van der Waals surface area contributed by atoms with Crippen LogP contribution in [0.15, 0.2) is 58.4 Å². The van der Waals surface area contributed by atoms with Gasteiger partial charge in [0.2, 0.25) is 0 Å². The first kappa shape index (κ1) is 20.3. The van der Waals surface area contributed by atoms with E-state index in [-0.39, 0.29) is 5.91 Å². The van der Waals surface area contributed by atoms with Gasteiger partial charge in [0.15, 0.2) is 0 Å². The highest BCUT2D eigenvalue weighted by Gasteiger charge is 2.20. The molecule has 2 aliphatic rings. The number of ether oxygens (including phenoxy) is 1. The highest BCUT2D eigenvalue weighted by molar-refractivity contribution is 8.40. The molecule has 0 aromatic heterocycles. The lowest BCUT2D eigenvalue weighted by Gasteiger charge is -2.22. The van der Waals surface area contributed by atoms with E-state index in [9.17, 15) is 4.79 Å². The van der Waals surface area contributed by atoms with Gasteiger partial charge in [-0.2, -0.15) is 4.99 Å². The molecule has 0 saturated heterocycles. The molecular formula is C24H25NO2S2. The quantitative estimate of drug-likeness (QED) is 0.505. The van der Waals surface area contributed by atoms with Crippen LogP contribution < -0.4 is 4.74 Å². The lowest BCUT2D eigenvalue weighted by atomic mass is 9.84. The summed E-state index contributed by atoms with van der Waals surface area (Å²) in [5.41, 5.74) is 3.63. The molecule has 0 bridgehead atoms. The van der Waals surface area contributed by atoms with Crippen molar-refractivity contribution in [3.8, 4) is 5.75 Å². The number of carbonyl (C=O) groups excluding carboxylic acids is 1. The number of aliphatic imine (C=N–C) groups is 1. The summed E-state index contributed by atoms with van der Waals surface area (Å²) in [7, 11) is 0. The molecule has 2 aromatic rings. The fourth-order valence-corrected chi connectivity index (χ4v) is 5.20. The zero-order valence-electron chi connectivity index (χ0n) is 16.6. The van der Waals surface area contributed by atoms with Gasteiger partial charge in [-0.3, -0.25) is 4.79 Å². The highest BCUT2D eigenvalue weighted by atomic mass is 32.2. The Morgan fingerprint density at radius 1 is 1.07 bits per heavy atom. The van der Waals surface area contributed by atoms with Gasteiger partial charge in [-0.05, 0) is 59.9 Å². The molecule has 29 heavy (non-hydrogen) atoms. The Morgan fingerprint density at radius 2 is 1.79 bits per heavy atom. The van der Waals surface area contributed by atoms with Crippen molar-refractivity contribution in [3.05, 3.63) is 70.1 Å². The number of amides is 1. The average Bonchev–Trinajstić information content (AvgIpc) is 3.13. The lowest BCUT2D eigenvalue weighted by molar-refractivity contribution is -0.113. The van der Waals surface area contributed by atoms with Crippen LogP contribution in [0.4, 0.5) is 0 Å². The summed E-state index contributed by atoms with van der Waals surface area (Å²) in [4.78, 5) is 16.6. The SMILES string of the molecule is CSC1=NC(=O)C(=Cc2ccc(OCc3ccc(C4CCCCC4)cc3)cc2)S1. The molecule has 2 aromatic carbocycles. The maximum atomic E-state index is 11.9. The Morgan fingerprint density at radius 3 is 2.45 bits per heavy atom. The van der Waals surface area contributed by atoms with Crippen molar-refractivity contribution < 1.29 is 9.53 Å². The van der Waals surface area contributed by atoms with Crippen molar-refractivity contribution in [1.29, 1.82) is 0 Å². The van der Waals surface area contributed by atoms with Crippen LogP contribution in [0.25, 0.3) is 6.08 Å². The molecule has 5 heteroatoms. The van der Waals surface area contributed by atoms with Gasteiger partial charge in [0, 0.05) is 0 Å². The van der Waals surface area contributed by atoms with Crippen molar-refractivity contribution in [3.63, 3.8) is 0 Å². The van der Waals surface area contributed by atoms with Crippen molar-refractivity contribution >= 4 is 39.9 Å². The maximum absolute atomic E-state index is 11.9. The number of benzene rings is 2. The summed E-state index contributed by atoms with van der Waals surface area (Å²) >= 11 is 2.93. The van der Waals surface area contributed by atoms with Crippen LogP contribution in [0.3, 0.4) is 0 Å². The van der Waals surface area contributed by atoms with Crippen LogP contribution in [-0.2, 0) is 11.4 Å². The standard InChI is InChI=1S/C24H25NO2S2/c1-28-24-25-23(26)22(29-24)15-17-9-13-21(14-10-17)27-16-18-7-11-20(12-8-18)19-5-3-2-4-6-19/h7-15,19H,2-6,16H2,1H3. The molecule has 1 heterocycles. The normalized spacial score (nSPS) is 18.9. The van der Waals surface area contributed by atoms with E-state index >= 15 is 0 Å². The molecule has 1 amide bonds. The van der Waals surface area contributed by atoms with Crippen LogP contribution in [0.2, 0.25) is 0 Å². The van der Waals surface area contributed by atoms with E-state index in [0.717, 1.165) is 21.6 Å². The van der Waals surface area contributed by atoms with Gasteiger partial charge >= 0.3 is 0 Å². The highest BCUT2D eigenvalue weighted by Crippen LogP contribution is 2.33. The molecule has 4 rings (SSSR count). The van der Waals surface area contributed by atoms with E-state index in [2.05, 4.69) is 29.3 Å². The minimum absolute atomic E-state index is 0.156. The molecular weight excluding hydrogens is 398 g/mol. The number of nitrogens with zero attached hydrogens (tertiary/aromatic N) is 1. The zero-order chi connectivity index (χ0) is 20.1. The Labute approximate surface area is 181 Å². The molecule has 0 unspecified atom stereocenters. The van der Waals surface area contributed by atoms with Crippen molar-refractivity contribution in [2.24, 2.45) is 4.99 Å². The van der Waals surface area contributed by atoms with Crippen LogP contribution in [0.1, 0.15) is 54.7 Å². The predicted molar refractivity (Wildman–Crippen MR) is 125 cm³/mol. The fraction of sp³-hybridized carbons (Fsp3) is 0.333. The van der Waals surface area contributed by atoms with Gasteiger partial charge in [0.05, 0.1) is 4.91 Å². The smallest absolute Gasteiger partial charge is 0.285 e. The van der Waals surface area contributed by atoms with Gasteiger partial charge in [0.25, 0.3) is 5.91 Å². The minimum atomic E-state index is -0.156. The van der Waals surface area contributed by atoms with Crippen LogP contribution in [0.5, 0.6) is 5.75 Å². The minimum Gasteiger partial charge on any atom is -0.489 e. The summed E-state index contributed by atoms with van der Waals surface area (Å²) in [5.74, 6) is 1.41. The predicted octanol–water partition coefficient (Wildman–Crippen LogP) is 6.65. The lowest BCUT2D eigenvalue weighted by Crippen LogP contribution is -2.04.